The van der Waals surface area contributed by atoms with Gasteiger partial charge in [-0.1, -0.05) is 18.2 Å². The van der Waals surface area contributed by atoms with E-state index in [9.17, 15) is 28.0 Å². The van der Waals surface area contributed by atoms with E-state index in [0.717, 1.165) is 10.7 Å². The number of halogens is 4. The Bertz CT molecular complexity index is 1680. The summed E-state index contributed by atoms with van der Waals surface area (Å²) in [5, 5.41) is 13.5. The van der Waals surface area contributed by atoms with Crippen molar-refractivity contribution in [1.82, 2.24) is 19.6 Å². The SMILES string of the molecule is CCn1cc(-c2c(F)cccc2[C@@H]2CN(C(=O)/C=C/[C@@H](C)N(C)C(=O)OC(C)(C)C)Cc3sc(C#N)c(C)c32)c(C(F)(F)F)n1. The van der Waals surface area contributed by atoms with Crippen molar-refractivity contribution in [3.63, 3.8) is 0 Å². The molecule has 0 N–H and O–H groups in total. The van der Waals surface area contributed by atoms with Crippen molar-refractivity contribution >= 4 is 23.3 Å². The van der Waals surface area contributed by atoms with E-state index < -0.39 is 52.8 Å². The highest BCUT2D eigenvalue weighted by molar-refractivity contribution is 7.12. The fourth-order valence-electron chi connectivity index (χ4n) is 5.28. The maximum absolute atomic E-state index is 15.6. The molecule has 8 nitrogen and oxygen atoms in total. The van der Waals surface area contributed by atoms with E-state index in [0.29, 0.717) is 20.9 Å². The summed E-state index contributed by atoms with van der Waals surface area (Å²) in [6.45, 7) is 10.7. The van der Waals surface area contributed by atoms with Gasteiger partial charge in [0.15, 0.2) is 5.69 Å². The summed E-state index contributed by atoms with van der Waals surface area (Å²) in [4.78, 5) is 30.0. The number of thiophene rings is 1. The standard InChI is InChI=1S/C32H35F4N5O3S/c1-8-41-16-22(29(38-41)32(34,35)36)28-20(10-9-11-23(28)33)21-15-40(17-25-27(21)19(3)24(14-37)45-25)26(42)13-12-18(2)39(7)30(43)44-31(4,5)6/h9-13,16,18,21H,8,15,17H2,1-7H3/b13-12+/t18-,21+/m1/s1. The van der Waals surface area contributed by atoms with Crippen LogP contribution in [0.15, 0.2) is 36.5 Å². The molecule has 0 saturated heterocycles. The Morgan fingerprint density at radius 1 is 1.29 bits per heavy atom. The van der Waals surface area contributed by atoms with E-state index in [1.807, 2.05) is 0 Å². The number of benzene rings is 1. The van der Waals surface area contributed by atoms with Gasteiger partial charge >= 0.3 is 12.3 Å². The molecule has 0 aliphatic carbocycles. The minimum Gasteiger partial charge on any atom is -0.444 e. The number of alkyl halides is 3. The molecule has 2 amide bonds. The molecular weight excluding hydrogens is 610 g/mol. The van der Waals surface area contributed by atoms with Crippen LogP contribution in [0.3, 0.4) is 0 Å². The van der Waals surface area contributed by atoms with Crippen LogP contribution in [0.1, 0.15) is 72.7 Å². The number of hydrogen-bond acceptors (Lipinski definition) is 6. The predicted octanol–water partition coefficient (Wildman–Crippen LogP) is 7.26. The molecular formula is C32H35F4N5O3S. The van der Waals surface area contributed by atoms with Crippen LogP contribution in [0.5, 0.6) is 0 Å². The molecule has 240 valence electrons. The van der Waals surface area contributed by atoms with Gasteiger partial charge in [-0.2, -0.15) is 23.5 Å². The van der Waals surface area contributed by atoms with Crippen molar-refractivity contribution < 1.29 is 31.9 Å². The Kier molecular flexibility index (Phi) is 9.49. The lowest BCUT2D eigenvalue weighted by molar-refractivity contribution is -0.141. The molecule has 0 fully saturated rings. The zero-order chi connectivity index (χ0) is 33.4. The molecule has 1 aliphatic rings. The van der Waals surface area contributed by atoms with Crippen LogP contribution in [-0.4, -0.2) is 56.8 Å². The third-order valence-corrected chi connectivity index (χ3v) is 8.82. The van der Waals surface area contributed by atoms with Crippen molar-refractivity contribution in [2.24, 2.45) is 0 Å². The number of fused-ring (bicyclic) bond motifs is 1. The minimum absolute atomic E-state index is 0.0224. The fourth-order valence-corrected chi connectivity index (χ4v) is 6.47. The highest BCUT2D eigenvalue weighted by Crippen LogP contribution is 2.46. The summed E-state index contributed by atoms with van der Waals surface area (Å²) >= 11 is 1.20. The third kappa shape index (κ3) is 7.06. The smallest absolute Gasteiger partial charge is 0.435 e. The number of rotatable bonds is 6. The number of nitriles is 1. The number of aromatic nitrogens is 2. The molecule has 3 heterocycles. The lowest BCUT2D eigenvalue weighted by atomic mass is 9.81. The molecule has 0 spiro atoms. The second kappa shape index (κ2) is 12.7. The topological polar surface area (TPSA) is 91.5 Å². The largest absolute Gasteiger partial charge is 0.444 e. The number of likely N-dealkylation sites (N-methyl/N-ethyl adjacent to an activating group) is 1. The molecule has 2 aromatic heterocycles. The van der Waals surface area contributed by atoms with Crippen LogP contribution in [-0.2, 0) is 28.8 Å². The first-order chi connectivity index (χ1) is 21.0. The summed E-state index contributed by atoms with van der Waals surface area (Å²) in [5.74, 6) is -2.00. The average Bonchev–Trinajstić information content (AvgIpc) is 3.54. The molecule has 0 unspecified atom stereocenters. The van der Waals surface area contributed by atoms with E-state index in [1.54, 1.807) is 60.7 Å². The Morgan fingerprint density at radius 3 is 2.58 bits per heavy atom. The molecule has 13 heteroatoms. The molecule has 4 rings (SSSR count). The van der Waals surface area contributed by atoms with Crippen LogP contribution < -0.4 is 0 Å². The molecule has 0 radical (unpaired) electrons. The summed E-state index contributed by atoms with van der Waals surface area (Å²) in [7, 11) is 1.55. The molecule has 0 bridgehead atoms. The fraction of sp³-hybridized carbons (Fsp3) is 0.438. The van der Waals surface area contributed by atoms with Gasteiger partial charge in [-0.05, 0) is 64.3 Å². The number of amides is 2. The van der Waals surface area contributed by atoms with Gasteiger partial charge in [0.05, 0.1) is 12.6 Å². The van der Waals surface area contributed by atoms with Crippen molar-refractivity contribution in [3.8, 4) is 17.2 Å². The highest BCUT2D eigenvalue weighted by atomic mass is 32.1. The number of carbonyl (C=O) groups is 2. The van der Waals surface area contributed by atoms with Gasteiger partial charge in [0, 0.05) is 54.3 Å². The van der Waals surface area contributed by atoms with Gasteiger partial charge in [-0.3, -0.25) is 9.48 Å². The van der Waals surface area contributed by atoms with Crippen molar-refractivity contribution in [3.05, 3.63) is 74.5 Å². The summed E-state index contributed by atoms with van der Waals surface area (Å²) in [5.41, 5.74) is -0.943. The normalized spacial score (nSPS) is 16.0. The molecule has 1 aliphatic heterocycles. The maximum atomic E-state index is 15.6. The van der Waals surface area contributed by atoms with E-state index >= 15 is 4.39 Å². The van der Waals surface area contributed by atoms with Crippen LogP contribution in [0.2, 0.25) is 0 Å². The van der Waals surface area contributed by atoms with Crippen molar-refractivity contribution in [2.45, 2.75) is 78.4 Å². The zero-order valence-corrected chi connectivity index (χ0v) is 26.9. The van der Waals surface area contributed by atoms with Crippen molar-refractivity contribution in [1.29, 1.82) is 5.26 Å². The number of ether oxygens (including phenoxy) is 1. The Balaban J connectivity index is 1.76. The minimum atomic E-state index is -4.84. The van der Waals surface area contributed by atoms with Crippen LogP contribution in [0.4, 0.5) is 22.4 Å². The second-order valence-electron chi connectivity index (χ2n) is 11.9. The quantitative estimate of drug-likeness (QED) is 0.208. The highest BCUT2D eigenvalue weighted by Gasteiger charge is 2.40. The molecule has 45 heavy (non-hydrogen) atoms. The van der Waals surface area contributed by atoms with Crippen LogP contribution in [0.25, 0.3) is 11.1 Å². The molecule has 2 atom stereocenters. The number of aryl methyl sites for hydroxylation is 1. The monoisotopic (exact) mass is 645 g/mol. The van der Waals surface area contributed by atoms with Gasteiger partial charge < -0.3 is 14.5 Å². The van der Waals surface area contributed by atoms with Crippen molar-refractivity contribution in [2.75, 3.05) is 13.6 Å². The Morgan fingerprint density at radius 2 is 1.98 bits per heavy atom. The van der Waals surface area contributed by atoms with E-state index in [-0.39, 0.29) is 30.8 Å². The van der Waals surface area contributed by atoms with E-state index in [2.05, 4.69) is 11.2 Å². The van der Waals surface area contributed by atoms with E-state index in [1.165, 1.54) is 39.5 Å². The van der Waals surface area contributed by atoms with Gasteiger partial charge in [-0.15, -0.1) is 11.3 Å². The lowest BCUT2D eigenvalue weighted by Gasteiger charge is -2.34. The lowest BCUT2D eigenvalue weighted by Crippen LogP contribution is -2.39. The van der Waals surface area contributed by atoms with E-state index in [4.69, 9.17) is 4.74 Å². The van der Waals surface area contributed by atoms with Gasteiger partial charge in [0.1, 0.15) is 22.4 Å². The Hall–Kier alpha value is -4.18. The van der Waals surface area contributed by atoms with Crippen LogP contribution >= 0.6 is 11.3 Å². The first-order valence-corrected chi connectivity index (χ1v) is 15.2. The van der Waals surface area contributed by atoms with Gasteiger partial charge in [0.2, 0.25) is 5.91 Å². The average molecular weight is 646 g/mol. The predicted molar refractivity (Wildman–Crippen MR) is 162 cm³/mol. The zero-order valence-electron chi connectivity index (χ0n) is 26.1. The first-order valence-electron chi connectivity index (χ1n) is 14.3. The Labute approximate surface area is 263 Å². The third-order valence-electron chi connectivity index (χ3n) is 7.62. The summed E-state index contributed by atoms with van der Waals surface area (Å²) in [6, 6.07) is 5.74. The van der Waals surface area contributed by atoms with Crippen LogP contribution in [0, 0.1) is 24.1 Å². The molecule has 0 saturated carbocycles. The summed E-state index contributed by atoms with van der Waals surface area (Å²) in [6.07, 6.45) is -1.33. The van der Waals surface area contributed by atoms with Gasteiger partial charge in [0.25, 0.3) is 0 Å². The second-order valence-corrected chi connectivity index (χ2v) is 13.0. The number of hydrogen-bond donors (Lipinski definition) is 0. The summed E-state index contributed by atoms with van der Waals surface area (Å²) < 4.78 is 64.5. The molecule has 3 aromatic rings. The number of carbonyl (C=O) groups excluding carboxylic acids is 2. The number of nitrogens with zero attached hydrogens (tertiary/aromatic N) is 5. The molecule has 1 aromatic carbocycles. The maximum Gasteiger partial charge on any atom is 0.435 e. The van der Waals surface area contributed by atoms with Gasteiger partial charge in [-0.25, -0.2) is 9.18 Å². The first kappa shape index (κ1) is 33.7.